The van der Waals surface area contributed by atoms with Crippen LogP contribution in [0.5, 0.6) is 5.75 Å². The van der Waals surface area contributed by atoms with Gasteiger partial charge in [-0.2, -0.15) is 4.98 Å². The van der Waals surface area contributed by atoms with Crippen LogP contribution in [-0.2, 0) is 9.47 Å². The minimum Gasteiger partial charge on any atom is -0.491 e. The SMILES string of the molecule is CN1CCC(c2noc(-c3ccc(OCCOCCOCCN)cc3)n2)CC1. The number of likely N-dealkylation sites (tertiary alicyclic amines) is 1. The van der Waals surface area contributed by atoms with Crippen molar-refractivity contribution in [2.75, 3.05) is 59.7 Å². The molecule has 0 aliphatic carbocycles. The third-order valence-corrected chi connectivity index (χ3v) is 4.76. The maximum atomic E-state index is 5.68. The molecule has 3 rings (SSSR count). The van der Waals surface area contributed by atoms with Gasteiger partial charge >= 0.3 is 0 Å². The van der Waals surface area contributed by atoms with Gasteiger partial charge in [-0.25, -0.2) is 0 Å². The third kappa shape index (κ3) is 6.27. The quantitative estimate of drug-likeness (QED) is 0.582. The lowest BCUT2D eigenvalue weighted by Crippen LogP contribution is -2.29. The van der Waals surface area contributed by atoms with Crippen molar-refractivity contribution in [1.29, 1.82) is 0 Å². The first-order valence-corrected chi connectivity index (χ1v) is 9.87. The van der Waals surface area contributed by atoms with Crippen LogP contribution in [0.3, 0.4) is 0 Å². The molecule has 0 atom stereocenters. The Bertz CT molecular complexity index is 684. The van der Waals surface area contributed by atoms with E-state index in [1.54, 1.807) is 0 Å². The van der Waals surface area contributed by atoms with Gasteiger partial charge in [-0.3, -0.25) is 0 Å². The predicted octanol–water partition coefficient (Wildman–Crippen LogP) is 1.92. The number of aromatic nitrogens is 2. The largest absolute Gasteiger partial charge is 0.491 e. The molecule has 2 N–H and O–H groups in total. The Morgan fingerprint density at radius 2 is 1.71 bits per heavy atom. The standard InChI is InChI=1S/C20H30N4O4/c1-24-9-6-16(7-10-24)19-22-20(28-23-19)17-2-4-18(5-3-17)27-15-14-26-13-12-25-11-8-21/h2-5,16H,6-15,21H2,1H3. The van der Waals surface area contributed by atoms with Crippen molar-refractivity contribution in [3.05, 3.63) is 30.1 Å². The number of rotatable bonds is 11. The van der Waals surface area contributed by atoms with Gasteiger partial charge in [0.05, 0.1) is 26.4 Å². The molecule has 1 saturated heterocycles. The normalized spacial score (nSPS) is 15.8. The molecule has 2 heterocycles. The number of benzene rings is 1. The van der Waals surface area contributed by atoms with E-state index in [-0.39, 0.29) is 0 Å². The summed E-state index contributed by atoms with van der Waals surface area (Å²) < 4.78 is 21.8. The van der Waals surface area contributed by atoms with E-state index in [4.69, 9.17) is 24.5 Å². The van der Waals surface area contributed by atoms with E-state index in [1.807, 2.05) is 24.3 Å². The third-order valence-electron chi connectivity index (χ3n) is 4.76. The van der Waals surface area contributed by atoms with Crippen molar-refractivity contribution in [1.82, 2.24) is 15.0 Å². The molecule has 0 spiro atoms. The highest BCUT2D eigenvalue weighted by Gasteiger charge is 2.23. The molecule has 8 heteroatoms. The summed E-state index contributed by atoms with van der Waals surface area (Å²) in [4.78, 5) is 6.93. The van der Waals surface area contributed by atoms with Crippen molar-refractivity contribution >= 4 is 0 Å². The van der Waals surface area contributed by atoms with Gasteiger partial charge in [-0.15, -0.1) is 0 Å². The minimum atomic E-state index is 0.386. The molecule has 28 heavy (non-hydrogen) atoms. The average Bonchev–Trinajstić information content (AvgIpc) is 3.21. The molecule has 154 valence electrons. The molecule has 0 bridgehead atoms. The highest BCUT2D eigenvalue weighted by Crippen LogP contribution is 2.28. The van der Waals surface area contributed by atoms with Crippen LogP contribution in [0.25, 0.3) is 11.5 Å². The van der Waals surface area contributed by atoms with E-state index in [9.17, 15) is 0 Å². The molecule has 1 aliphatic heterocycles. The number of hydrogen-bond donors (Lipinski definition) is 1. The van der Waals surface area contributed by atoms with Gasteiger partial charge in [-0.1, -0.05) is 5.16 Å². The van der Waals surface area contributed by atoms with Crippen molar-refractivity contribution < 1.29 is 18.7 Å². The van der Waals surface area contributed by atoms with Gasteiger partial charge in [0, 0.05) is 18.0 Å². The van der Waals surface area contributed by atoms with E-state index < -0.39 is 0 Å². The van der Waals surface area contributed by atoms with Gasteiger partial charge in [-0.05, 0) is 57.2 Å². The Hall–Kier alpha value is -2.00. The Balaban J connectivity index is 1.41. The van der Waals surface area contributed by atoms with Crippen LogP contribution in [0, 0.1) is 0 Å². The molecule has 1 aromatic carbocycles. The Kier molecular flexibility index (Phi) is 8.23. The van der Waals surface area contributed by atoms with Crippen LogP contribution >= 0.6 is 0 Å². The van der Waals surface area contributed by atoms with E-state index in [0.717, 1.165) is 43.1 Å². The maximum Gasteiger partial charge on any atom is 0.257 e. The monoisotopic (exact) mass is 390 g/mol. The smallest absolute Gasteiger partial charge is 0.257 e. The second kappa shape index (κ2) is 11.1. The molecule has 0 amide bonds. The number of piperidine rings is 1. The summed E-state index contributed by atoms with van der Waals surface area (Å²) in [7, 11) is 2.14. The Labute approximate surface area is 165 Å². The van der Waals surface area contributed by atoms with Gasteiger partial charge < -0.3 is 29.4 Å². The lowest BCUT2D eigenvalue weighted by Gasteiger charge is -2.26. The van der Waals surface area contributed by atoms with Crippen LogP contribution in [0.15, 0.2) is 28.8 Å². The zero-order valence-electron chi connectivity index (χ0n) is 16.5. The number of hydrogen-bond acceptors (Lipinski definition) is 8. The maximum absolute atomic E-state index is 5.68. The van der Waals surface area contributed by atoms with Gasteiger partial charge in [0.25, 0.3) is 5.89 Å². The summed E-state index contributed by atoms with van der Waals surface area (Å²) in [5.41, 5.74) is 6.24. The van der Waals surface area contributed by atoms with Gasteiger partial charge in [0.15, 0.2) is 5.82 Å². The zero-order chi connectivity index (χ0) is 19.6. The summed E-state index contributed by atoms with van der Waals surface area (Å²) in [5.74, 6) is 2.54. The summed E-state index contributed by atoms with van der Waals surface area (Å²) in [5, 5.41) is 4.19. The fourth-order valence-electron chi connectivity index (χ4n) is 3.10. The molecule has 1 aromatic heterocycles. The van der Waals surface area contributed by atoms with Crippen LogP contribution in [0.4, 0.5) is 0 Å². The Morgan fingerprint density at radius 1 is 1.04 bits per heavy atom. The van der Waals surface area contributed by atoms with Crippen molar-refractivity contribution in [2.45, 2.75) is 18.8 Å². The first kappa shape index (κ1) is 20.7. The average molecular weight is 390 g/mol. The van der Waals surface area contributed by atoms with Crippen LogP contribution < -0.4 is 10.5 Å². The first-order chi connectivity index (χ1) is 13.8. The molecule has 0 radical (unpaired) electrons. The van der Waals surface area contributed by atoms with Gasteiger partial charge in [0.1, 0.15) is 12.4 Å². The van der Waals surface area contributed by atoms with E-state index >= 15 is 0 Å². The number of nitrogens with zero attached hydrogens (tertiary/aromatic N) is 3. The second-order valence-corrected chi connectivity index (χ2v) is 6.92. The zero-order valence-corrected chi connectivity index (χ0v) is 16.5. The van der Waals surface area contributed by atoms with Crippen LogP contribution in [0.1, 0.15) is 24.6 Å². The minimum absolute atomic E-state index is 0.386. The molecular formula is C20H30N4O4. The topological polar surface area (TPSA) is 95.9 Å². The fourth-order valence-corrected chi connectivity index (χ4v) is 3.10. The fraction of sp³-hybridized carbons (Fsp3) is 0.600. The summed E-state index contributed by atoms with van der Waals surface area (Å²) in [6.45, 7) is 5.33. The highest BCUT2D eigenvalue weighted by atomic mass is 16.5. The lowest BCUT2D eigenvalue weighted by atomic mass is 9.96. The van der Waals surface area contributed by atoms with Crippen LogP contribution in [-0.4, -0.2) is 74.8 Å². The molecular weight excluding hydrogens is 360 g/mol. The number of ether oxygens (including phenoxy) is 3. The molecule has 0 unspecified atom stereocenters. The molecule has 1 aliphatic rings. The lowest BCUT2D eigenvalue weighted by molar-refractivity contribution is 0.0388. The number of nitrogens with two attached hydrogens (primary N) is 1. The molecule has 1 fully saturated rings. The highest BCUT2D eigenvalue weighted by molar-refractivity contribution is 5.54. The van der Waals surface area contributed by atoms with Gasteiger partial charge in [0.2, 0.25) is 0 Å². The van der Waals surface area contributed by atoms with Crippen molar-refractivity contribution in [3.8, 4) is 17.2 Å². The van der Waals surface area contributed by atoms with Crippen LogP contribution in [0.2, 0.25) is 0 Å². The van der Waals surface area contributed by atoms with Crippen molar-refractivity contribution in [2.24, 2.45) is 5.73 Å². The summed E-state index contributed by atoms with van der Waals surface area (Å²) in [6.07, 6.45) is 2.15. The molecule has 8 nitrogen and oxygen atoms in total. The second-order valence-electron chi connectivity index (χ2n) is 6.92. The molecule has 0 saturated carbocycles. The summed E-state index contributed by atoms with van der Waals surface area (Å²) >= 11 is 0. The van der Waals surface area contributed by atoms with E-state index in [2.05, 4.69) is 22.1 Å². The predicted molar refractivity (Wildman–Crippen MR) is 105 cm³/mol. The van der Waals surface area contributed by atoms with E-state index in [1.165, 1.54) is 0 Å². The first-order valence-electron chi connectivity index (χ1n) is 9.87. The van der Waals surface area contributed by atoms with E-state index in [0.29, 0.717) is 51.4 Å². The summed E-state index contributed by atoms with van der Waals surface area (Å²) in [6, 6.07) is 7.67. The van der Waals surface area contributed by atoms with Crippen molar-refractivity contribution in [3.63, 3.8) is 0 Å². The molecule has 2 aromatic rings. The Morgan fingerprint density at radius 3 is 2.43 bits per heavy atom.